The van der Waals surface area contributed by atoms with Crippen LogP contribution in [0.5, 0.6) is 0 Å². The van der Waals surface area contributed by atoms with Crippen molar-refractivity contribution in [3.8, 4) is 0 Å². The molecular formula is C18H22N2O3S. The zero-order valence-electron chi connectivity index (χ0n) is 14.1. The van der Waals surface area contributed by atoms with Crippen LogP contribution < -0.4 is 5.32 Å². The standard InChI is InChI=1S/C18H22N2O3S/c1-12(2)13-4-6-14(7-5-13)16(22)19-17-15(8-11-24-17)18(23)20(3)9-10-21/h4-8,11-12,21H,9-10H2,1-3H3,(H,19,22). The Bertz CT molecular complexity index is 707. The molecule has 1 aromatic heterocycles. The highest BCUT2D eigenvalue weighted by atomic mass is 32.1. The van der Waals surface area contributed by atoms with Crippen LogP contribution in [0, 0.1) is 0 Å². The van der Waals surface area contributed by atoms with Gasteiger partial charge in [0.25, 0.3) is 11.8 Å². The maximum atomic E-state index is 12.4. The van der Waals surface area contributed by atoms with Crippen molar-refractivity contribution in [1.29, 1.82) is 0 Å². The molecule has 24 heavy (non-hydrogen) atoms. The number of aliphatic hydroxyl groups is 1. The van der Waals surface area contributed by atoms with E-state index in [-0.39, 0.29) is 25.0 Å². The topological polar surface area (TPSA) is 69.6 Å². The highest BCUT2D eigenvalue weighted by Crippen LogP contribution is 2.25. The summed E-state index contributed by atoms with van der Waals surface area (Å²) in [6.07, 6.45) is 0. The van der Waals surface area contributed by atoms with Crippen LogP contribution >= 0.6 is 11.3 Å². The Labute approximate surface area is 145 Å². The fourth-order valence-electron chi connectivity index (χ4n) is 2.23. The lowest BCUT2D eigenvalue weighted by molar-refractivity contribution is 0.0768. The Morgan fingerprint density at radius 3 is 2.46 bits per heavy atom. The molecule has 0 bridgehead atoms. The Balaban J connectivity index is 2.12. The van der Waals surface area contributed by atoms with E-state index in [0.717, 1.165) is 0 Å². The molecule has 128 valence electrons. The number of likely N-dealkylation sites (N-methyl/N-ethyl adjacent to an activating group) is 1. The first kappa shape index (κ1) is 18.2. The van der Waals surface area contributed by atoms with Gasteiger partial charge >= 0.3 is 0 Å². The summed E-state index contributed by atoms with van der Waals surface area (Å²) in [7, 11) is 1.62. The van der Waals surface area contributed by atoms with Crippen LogP contribution in [0.15, 0.2) is 35.7 Å². The van der Waals surface area contributed by atoms with Crippen LogP contribution in [-0.2, 0) is 0 Å². The monoisotopic (exact) mass is 346 g/mol. The SMILES string of the molecule is CC(C)c1ccc(C(=O)Nc2sccc2C(=O)N(C)CCO)cc1. The molecule has 0 saturated heterocycles. The van der Waals surface area contributed by atoms with E-state index in [1.54, 1.807) is 30.6 Å². The summed E-state index contributed by atoms with van der Waals surface area (Å²) in [4.78, 5) is 26.1. The van der Waals surface area contributed by atoms with Gasteiger partial charge in [0.2, 0.25) is 0 Å². The number of rotatable bonds is 6. The number of carbonyl (C=O) groups excluding carboxylic acids is 2. The molecule has 0 radical (unpaired) electrons. The fraction of sp³-hybridized carbons (Fsp3) is 0.333. The van der Waals surface area contributed by atoms with Crippen molar-refractivity contribution in [2.24, 2.45) is 0 Å². The largest absolute Gasteiger partial charge is 0.395 e. The number of aliphatic hydroxyl groups excluding tert-OH is 1. The second kappa shape index (κ2) is 8.08. The maximum Gasteiger partial charge on any atom is 0.256 e. The van der Waals surface area contributed by atoms with Gasteiger partial charge in [-0.3, -0.25) is 9.59 Å². The molecule has 2 rings (SSSR count). The average molecular weight is 346 g/mol. The fourth-order valence-corrected chi connectivity index (χ4v) is 3.00. The summed E-state index contributed by atoms with van der Waals surface area (Å²) in [6.45, 7) is 4.35. The van der Waals surface area contributed by atoms with Gasteiger partial charge in [-0.05, 0) is 35.1 Å². The van der Waals surface area contributed by atoms with Crippen LogP contribution in [0.1, 0.15) is 46.0 Å². The number of amides is 2. The molecule has 0 atom stereocenters. The molecule has 1 heterocycles. The normalized spacial score (nSPS) is 10.7. The van der Waals surface area contributed by atoms with Crippen molar-refractivity contribution in [1.82, 2.24) is 4.90 Å². The molecule has 5 nitrogen and oxygen atoms in total. The summed E-state index contributed by atoms with van der Waals surface area (Å²) in [5.74, 6) is -0.0620. The second-order valence-electron chi connectivity index (χ2n) is 5.84. The minimum atomic E-state index is -0.244. The summed E-state index contributed by atoms with van der Waals surface area (Å²) < 4.78 is 0. The first-order valence-electron chi connectivity index (χ1n) is 7.79. The van der Waals surface area contributed by atoms with Gasteiger partial charge in [-0.15, -0.1) is 11.3 Å². The number of nitrogens with one attached hydrogen (secondary N) is 1. The molecule has 0 aliphatic carbocycles. The maximum absolute atomic E-state index is 12.4. The van der Waals surface area contributed by atoms with E-state index in [2.05, 4.69) is 19.2 Å². The van der Waals surface area contributed by atoms with Gasteiger partial charge in [-0.1, -0.05) is 26.0 Å². The Morgan fingerprint density at radius 2 is 1.88 bits per heavy atom. The highest BCUT2D eigenvalue weighted by molar-refractivity contribution is 7.14. The van der Waals surface area contributed by atoms with Gasteiger partial charge in [-0.2, -0.15) is 0 Å². The molecule has 0 aliphatic heterocycles. The first-order valence-corrected chi connectivity index (χ1v) is 8.67. The van der Waals surface area contributed by atoms with Crippen molar-refractivity contribution < 1.29 is 14.7 Å². The molecule has 0 spiro atoms. The minimum Gasteiger partial charge on any atom is -0.395 e. The Kier molecular flexibility index (Phi) is 6.11. The summed E-state index contributed by atoms with van der Waals surface area (Å²) >= 11 is 1.30. The van der Waals surface area contributed by atoms with Crippen molar-refractivity contribution in [3.05, 3.63) is 52.4 Å². The number of hydrogen-bond acceptors (Lipinski definition) is 4. The van der Waals surface area contributed by atoms with Gasteiger partial charge in [0.1, 0.15) is 5.00 Å². The van der Waals surface area contributed by atoms with E-state index in [1.165, 1.54) is 21.8 Å². The second-order valence-corrected chi connectivity index (χ2v) is 6.76. The molecule has 1 aromatic carbocycles. The summed E-state index contributed by atoms with van der Waals surface area (Å²) in [5.41, 5.74) is 2.15. The zero-order chi connectivity index (χ0) is 17.7. The highest BCUT2D eigenvalue weighted by Gasteiger charge is 2.18. The number of anilines is 1. The molecule has 0 unspecified atom stereocenters. The smallest absolute Gasteiger partial charge is 0.256 e. The van der Waals surface area contributed by atoms with Crippen LogP contribution in [0.2, 0.25) is 0 Å². The van der Waals surface area contributed by atoms with Crippen LogP contribution in [0.3, 0.4) is 0 Å². The number of carbonyl (C=O) groups is 2. The molecule has 2 amide bonds. The molecule has 2 aromatic rings. The lowest BCUT2D eigenvalue weighted by atomic mass is 10.0. The van der Waals surface area contributed by atoms with Crippen molar-refractivity contribution in [2.45, 2.75) is 19.8 Å². The third-order valence-corrected chi connectivity index (χ3v) is 4.57. The van der Waals surface area contributed by atoms with Gasteiger partial charge in [0.05, 0.1) is 12.2 Å². The van der Waals surface area contributed by atoms with E-state index in [4.69, 9.17) is 5.11 Å². The Morgan fingerprint density at radius 1 is 1.21 bits per heavy atom. The summed E-state index contributed by atoms with van der Waals surface area (Å²) in [6, 6.07) is 9.14. The van der Waals surface area contributed by atoms with Crippen LogP contribution in [0.25, 0.3) is 0 Å². The molecule has 2 N–H and O–H groups in total. The molecular weight excluding hydrogens is 324 g/mol. The zero-order valence-corrected chi connectivity index (χ0v) is 14.9. The van der Waals surface area contributed by atoms with E-state index in [1.807, 2.05) is 12.1 Å². The van der Waals surface area contributed by atoms with Crippen molar-refractivity contribution >= 4 is 28.2 Å². The van der Waals surface area contributed by atoms with E-state index < -0.39 is 0 Å². The number of hydrogen-bond donors (Lipinski definition) is 2. The lowest BCUT2D eigenvalue weighted by Crippen LogP contribution is -2.29. The third-order valence-electron chi connectivity index (χ3n) is 3.74. The predicted octanol–water partition coefficient (Wildman–Crippen LogP) is 3.19. The molecule has 6 heteroatoms. The molecule has 0 aliphatic rings. The number of nitrogens with zero attached hydrogens (tertiary/aromatic N) is 1. The van der Waals surface area contributed by atoms with Crippen LogP contribution in [0.4, 0.5) is 5.00 Å². The van der Waals surface area contributed by atoms with Gasteiger partial charge < -0.3 is 15.3 Å². The van der Waals surface area contributed by atoms with E-state index >= 15 is 0 Å². The van der Waals surface area contributed by atoms with Crippen LogP contribution in [-0.4, -0.2) is 42.0 Å². The van der Waals surface area contributed by atoms with Gasteiger partial charge in [0, 0.05) is 19.2 Å². The van der Waals surface area contributed by atoms with E-state index in [9.17, 15) is 9.59 Å². The average Bonchev–Trinajstić information content (AvgIpc) is 3.02. The predicted molar refractivity (Wildman–Crippen MR) is 96.8 cm³/mol. The number of benzene rings is 1. The number of thiophene rings is 1. The van der Waals surface area contributed by atoms with Crippen molar-refractivity contribution in [3.63, 3.8) is 0 Å². The van der Waals surface area contributed by atoms with Crippen molar-refractivity contribution in [2.75, 3.05) is 25.5 Å². The quantitative estimate of drug-likeness (QED) is 0.844. The van der Waals surface area contributed by atoms with Gasteiger partial charge in [0.15, 0.2) is 0 Å². The molecule has 0 saturated carbocycles. The van der Waals surface area contributed by atoms with E-state index in [0.29, 0.717) is 22.0 Å². The minimum absolute atomic E-state index is 0.101. The third kappa shape index (κ3) is 4.21. The molecule has 0 fully saturated rings. The summed E-state index contributed by atoms with van der Waals surface area (Å²) in [5, 5.41) is 14.0. The lowest BCUT2D eigenvalue weighted by Gasteiger charge is -2.16. The first-order chi connectivity index (χ1) is 11.4. The Hall–Kier alpha value is -2.18. The van der Waals surface area contributed by atoms with Gasteiger partial charge in [-0.25, -0.2) is 0 Å².